The lowest BCUT2D eigenvalue weighted by Crippen LogP contribution is -2.09. The molecule has 2 nitrogen and oxygen atoms in total. The van der Waals surface area contributed by atoms with Gasteiger partial charge in [-0.2, -0.15) is 0 Å². The first-order valence-corrected chi connectivity index (χ1v) is 18.8. The van der Waals surface area contributed by atoms with Crippen molar-refractivity contribution in [2.24, 2.45) is 0 Å². The minimum Gasteiger partial charge on any atom is -0.312 e. The molecule has 8 aromatic carbocycles. The van der Waals surface area contributed by atoms with Gasteiger partial charge in [0.2, 0.25) is 0 Å². The zero-order valence-electron chi connectivity index (χ0n) is 29.9. The van der Waals surface area contributed by atoms with E-state index in [0.29, 0.717) is 0 Å². The fourth-order valence-electron chi connectivity index (χ4n) is 8.20. The Morgan fingerprint density at radius 3 is 1.70 bits per heavy atom. The number of para-hydroxylation sites is 1. The molecule has 0 fully saturated rings. The van der Waals surface area contributed by atoms with Crippen LogP contribution in [0, 0.1) is 0 Å². The minimum atomic E-state index is 1.04. The van der Waals surface area contributed by atoms with E-state index in [0.717, 1.165) is 29.9 Å². The second-order valence-corrected chi connectivity index (χ2v) is 14.1. The highest BCUT2D eigenvalue weighted by atomic mass is 15.1. The van der Waals surface area contributed by atoms with Crippen LogP contribution < -0.4 is 4.90 Å². The van der Waals surface area contributed by atoms with Crippen LogP contribution in [0.5, 0.6) is 0 Å². The van der Waals surface area contributed by atoms with E-state index in [4.69, 9.17) is 0 Å². The molecule has 256 valence electrons. The summed E-state index contributed by atoms with van der Waals surface area (Å²) in [6.45, 7) is 0. The van der Waals surface area contributed by atoms with Crippen molar-refractivity contribution in [1.29, 1.82) is 0 Å². The Labute approximate surface area is 316 Å². The van der Waals surface area contributed by atoms with Crippen molar-refractivity contribution >= 4 is 44.8 Å². The third-order valence-corrected chi connectivity index (χ3v) is 10.9. The molecule has 1 aliphatic carbocycles. The van der Waals surface area contributed by atoms with Crippen LogP contribution in [0.25, 0.3) is 66.8 Å². The molecule has 0 aliphatic heterocycles. The molecule has 0 spiro atoms. The maximum Gasteiger partial charge on any atom is 0.0616 e. The van der Waals surface area contributed by atoms with E-state index in [9.17, 15) is 0 Å². The fraction of sp³-hybridized carbons (Fsp3) is 0.0385. The first kappa shape index (κ1) is 31.8. The van der Waals surface area contributed by atoms with Crippen molar-refractivity contribution in [2.45, 2.75) is 12.8 Å². The van der Waals surface area contributed by atoms with Crippen LogP contribution in [-0.4, -0.2) is 4.57 Å². The van der Waals surface area contributed by atoms with Gasteiger partial charge in [-0.15, -0.1) is 0 Å². The van der Waals surface area contributed by atoms with Gasteiger partial charge in [0, 0.05) is 44.8 Å². The molecule has 1 heterocycles. The summed E-state index contributed by atoms with van der Waals surface area (Å²) < 4.78 is 2.51. The topological polar surface area (TPSA) is 8.17 Å². The number of rotatable bonds is 7. The molecule has 0 saturated carbocycles. The Kier molecular flexibility index (Phi) is 8.00. The largest absolute Gasteiger partial charge is 0.312 e. The predicted molar refractivity (Wildman–Crippen MR) is 229 cm³/mol. The summed E-state index contributed by atoms with van der Waals surface area (Å²) in [6.07, 6.45) is 6.74. The molecule has 0 saturated heterocycles. The van der Waals surface area contributed by atoms with Gasteiger partial charge in [0.25, 0.3) is 0 Å². The van der Waals surface area contributed by atoms with E-state index in [2.05, 4.69) is 216 Å². The van der Waals surface area contributed by atoms with Gasteiger partial charge in [-0.1, -0.05) is 158 Å². The lowest BCUT2D eigenvalue weighted by molar-refractivity contribution is 0.890. The molecule has 9 aromatic rings. The third kappa shape index (κ3) is 5.70. The number of allylic oxidation sites excluding steroid dienone is 1. The molecule has 54 heavy (non-hydrogen) atoms. The van der Waals surface area contributed by atoms with E-state index in [1.165, 1.54) is 72.0 Å². The lowest BCUT2D eigenvalue weighted by Gasteiger charge is -2.26. The predicted octanol–water partition coefficient (Wildman–Crippen LogP) is 14.2. The number of nitrogens with zero attached hydrogens (tertiary/aromatic N) is 2. The van der Waals surface area contributed by atoms with Gasteiger partial charge in [0.1, 0.15) is 0 Å². The molecular formula is C52H38N2. The summed E-state index contributed by atoms with van der Waals surface area (Å²) in [5, 5.41) is 3.90. The van der Waals surface area contributed by atoms with Crippen molar-refractivity contribution in [1.82, 2.24) is 4.57 Å². The van der Waals surface area contributed by atoms with E-state index >= 15 is 0 Å². The van der Waals surface area contributed by atoms with Gasteiger partial charge in [-0.05, 0) is 100 Å². The molecule has 0 N–H and O–H groups in total. The first-order valence-electron chi connectivity index (χ1n) is 18.8. The first-order chi connectivity index (χ1) is 26.8. The molecule has 0 amide bonds. The smallest absolute Gasteiger partial charge is 0.0616 e. The van der Waals surface area contributed by atoms with Crippen molar-refractivity contribution in [3.63, 3.8) is 0 Å². The fourth-order valence-corrected chi connectivity index (χ4v) is 8.20. The molecule has 10 rings (SSSR count). The zero-order valence-corrected chi connectivity index (χ0v) is 29.9. The van der Waals surface area contributed by atoms with Crippen LogP contribution >= 0.6 is 0 Å². The van der Waals surface area contributed by atoms with E-state index < -0.39 is 0 Å². The highest BCUT2D eigenvalue weighted by molar-refractivity contribution is 6.10. The van der Waals surface area contributed by atoms with Crippen LogP contribution in [0.4, 0.5) is 17.1 Å². The van der Waals surface area contributed by atoms with Gasteiger partial charge >= 0.3 is 0 Å². The van der Waals surface area contributed by atoms with Gasteiger partial charge in [-0.3, -0.25) is 0 Å². The summed E-state index contributed by atoms with van der Waals surface area (Å²) in [5.41, 5.74) is 15.8. The molecule has 0 atom stereocenters. The lowest BCUT2D eigenvalue weighted by atomic mass is 9.99. The average molecular weight is 691 g/mol. The quantitative estimate of drug-likeness (QED) is 0.162. The molecule has 0 bridgehead atoms. The van der Waals surface area contributed by atoms with Gasteiger partial charge in [0.15, 0.2) is 0 Å². The number of aromatic nitrogens is 1. The van der Waals surface area contributed by atoms with Crippen molar-refractivity contribution in [3.05, 3.63) is 211 Å². The number of fused-ring (bicyclic) bond motifs is 5. The number of anilines is 3. The van der Waals surface area contributed by atoms with E-state index in [1.54, 1.807) is 0 Å². The number of benzene rings is 8. The van der Waals surface area contributed by atoms with E-state index in [1.807, 2.05) is 0 Å². The Balaban J connectivity index is 0.978. The minimum absolute atomic E-state index is 1.04. The Morgan fingerprint density at radius 2 is 0.963 bits per heavy atom. The van der Waals surface area contributed by atoms with Crippen LogP contribution in [0.3, 0.4) is 0 Å². The highest BCUT2D eigenvalue weighted by Crippen LogP contribution is 2.40. The summed E-state index contributed by atoms with van der Waals surface area (Å²) in [5.74, 6) is 0. The van der Waals surface area contributed by atoms with Gasteiger partial charge in [-0.25, -0.2) is 0 Å². The SMILES string of the molecule is C1=Cc2c(n(-c3ccc(-c4ccc(N(c5ccccc5)c5cccc(-c6ccc(-c7ccccc7)cc6)c5)cc4)cc3)c3c2ccc2ccccc23)CC1. The van der Waals surface area contributed by atoms with Gasteiger partial charge < -0.3 is 9.47 Å². The van der Waals surface area contributed by atoms with Crippen molar-refractivity contribution in [3.8, 4) is 39.1 Å². The van der Waals surface area contributed by atoms with Crippen LogP contribution in [0.15, 0.2) is 200 Å². The molecule has 1 aromatic heterocycles. The standard InChI is InChI=1S/C52H38N2/c1-3-12-37(13-4-1)38-22-24-41(25-23-38)43-15-11-18-47(36-43)53(44-16-5-2-6-17-44)45-31-26-39(27-32-45)40-28-33-46(34-29-40)54-51-21-10-9-20-49(51)50-35-30-42-14-7-8-19-48(42)52(50)54/h1-9,11-20,22-36H,10,21H2. The molecule has 2 heteroatoms. The third-order valence-electron chi connectivity index (χ3n) is 10.9. The molecule has 1 aliphatic rings. The monoisotopic (exact) mass is 690 g/mol. The highest BCUT2D eigenvalue weighted by Gasteiger charge is 2.20. The van der Waals surface area contributed by atoms with Crippen LogP contribution in [0.2, 0.25) is 0 Å². The van der Waals surface area contributed by atoms with Crippen molar-refractivity contribution < 1.29 is 0 Å². The summed E-state index contributed by atoms with van der Waals surface area (Å²) in [4.78, 5) is 2.34. The average Bonchev–Trinajstić information content (AvgIpc) is 3.60. The molecule has 0 radical (unpaired) electrons. The Bertz CT molecular complexity index is 2770. The maximum absolute atomic E-state index is 2.51. The maximum atomic E-state index is 2.51. The van der Waals surface area contributed by atoms with Gasteiger partial charge in [0.05, 0.1) is 5.52 Å². The second kappa shape index (κ2) is 13.6. The number of hydrogen-bond acceptors (Lipinski definition) is 1. The van der Waals surface area contributed by atoms with E-state index in [-0.39, 0.29) is 0 Å². The summed E-state index contributed by atoms with van der Waals surface area (Å²) >= 11 is 0. The normalized spacial score (nSPS) is 12.2. The Hall–Kier alpha value is -6.90. The molecule has 0 unspecified atom stereocenters. The zero-order chi connectivity index (χ0) is 35.8. The van der Waals surface area contributed by atoms with Crippen LogP contribution in [0.1, 0.15) is 17.7 Å². The summed E-state index contributed by atoms with van der Waals surface area (Å²) in [7, 11) is 0. The summed E-state index contributed by atoms with van der Waals surface area (Å²) in [6, 6.07) is 70.3. The number of hydrogen-bond donors (Lipinski definition) is 0. The second-order valence-electron chi connectivity index (χ2n) is 14.1. The van der Waals surface area contributed by atoms with Crippen LogP contribution in [-0.2, 0) is 6.42 Å². The Morgan fingerprint density at radius 1 is 0.407 bits per heavy atom. The molecular weight excluding hydrogens is 653 g/mol. The van der Waals surface area contributed by atoms with Crippen molar-refractivity contribution in [2.75, 3.05) is 4.90 Å².